The Morgan fingerprint density at radius 2 is 1.78 bits per heavy atom. The summed E-state index contributed by atoms with van der Waals surface area (Å²) in [7, 11) is 0. The van der Waals surface area contributed by atoms with E-state index in [0.717, 1.165) is 17.7 Å². The Morgan fingerprint density at radius 1 is 1.09 bits per heavy atom. The van der Waals surface area contributed by atoms with Crippen LogP contribution in [0.15, 0.2) is 42.5 Å². The van der Waals surface area contributed by atoms with Gasteiger partial charge in [-0.1, -0.05) is 18.2 Å². The molecule has 1 N–H and O–H groups in total. The summed E-state index contributed by atoms with van der Waals surface area (Å²) in [5, 5.41) is 2.45. The van der Waals surface area contributed by atoms with E-state index in [4.69, 9.17) is 0 Å². The van der Waals surface area contributed by atoms with Crippen LogP contribution in [0, 0.1) is 18.6 Å². The van der Waals surface area contributed by atoms with Gasteiger partial charge in [0.05, 0.1) is 0 Å². The Labute approximate surface area is 132 Å². The number of nitrogens with one attached hydrogen (secondary N) is 1. The Bertz CT molecular complexity index is 747. The van der Waals surface area contributed by atoms with Crippen molar-refractivity contribution in [3.63, 3.8) is 0 Å². The second kappa shape index (κ2) is 7.00. The number of carbonyl (C=O) groups excluding carboxylic acids is 2. The fourth-order valence-corrected chi connectivity index (χ4v) is 2.15. The van der Waals surface area contributed by atoms with Crippen LogP contribution < -0.4 is 10.2 Å². The van der Waals surface area contributed by atoms with Crippen LogP contribution in [0.2, 0.25) is 0 Å². The summed E-state index contributed by atoms with van der Waals surface area (Å²) < 4.78 is 26.0. The molecule has 6 heteroatoms. The molecule has 0 aliphatic rings. The lowest BCUT2D eigenvalue weighted by Gasteiger charge is -2.22. The first-order valence-electron chi connectivity index (χ1n) is 6.97. The summed E-state index contributed by atoms with van der Waals surface area (Å²) in [5.41, 5.74) is 1.60. The predicted octanol–water partition coefficient (Wildman–Crippen LogP) is 3.26. The van der Waals surface area contributed by atoms with Crippen molar-refractivity contribution in [2.24, 2.45) is 0 Å². The zero-order valence-corrected chi connectivity index (χ0v) is 12.8. The molecule has 4 nitrogen and oxygen atoms in total. The van der Waals surface area contributed by atoms with E-state index in [1.807, 2.05) is 19.1 Å². The van der Waals surface area contributed by atoms with Crippen molar-refractivity contribution < 1.29 is 18.4 Å². The molecule has 120 valence electrons. The number of benzene rings is 2. The molecular formula is C17H16F2N2O2. The average molecular weight is 318 g/mol. The third-order valence-electron chi connectivity index (χ3n) is 3.29. The molecule has 0 unspecified atom stereocenters. The van der Waals surface area contributed by atoms with Crippen molar-refractivity contribution in [1.82, 2.24) is 0 Å². The lowest BCUT2D eigenvalue weighted by atomic mass is 10.2. The minimum absolute atomic E-state index is 0.127. The number of carbonyl (C=O) groups is 2. The smallest absolute Gasteiger partial charge is 0.244 e. The van der Waals surface area contributed by atoms with Gasteiger partial charge in [0.15, 0.2) is 11.6 Å². The van der Waals surface area contributed by atoms with Crippen molar-refractivity contribution in [1.29, 1.82) is 0 Å². The van der Waals surface area contributed by atoms with Gasteiger partial charge in [0, 0.05) is 24.4 Å². The quantitative estimate of drug-likeness (QED) is 0.940. The van der Waals surface area contributed by atoms with Gasteiger partial charge in [0.25, 0.3) is 0 Å². The largest absolute Gasteiger partial charge is 0.324 e. The lowest BCUT2D eigenvalue weighted by Crippen LogP contribution is -2.37. The fourth-order valence-electron chi connectivity index (χ4n) is 2.15. The van der Waals surface area contributed by atoms with Gasteiger partial charge in [-0.15, -0.1) is 0 Å². The summed E-state index contributed by atoms with van der Waals surface area (Å²) in [6, 6.07) is 10.2. The van der Waals surface area contributed by atoms with Crippen molar-refractivity contribution in [2.45, 2.75) is 13.8 Å². The predicted molar refractivity (Wildman–Crippen MR) is 84.2 cm³/mol. The molecule has 0 saturated carbocycles. The molecule has 0 aliphatic heterocycles. The van der Waals surface area contributed by atoms with Crippen molar-refractivity contribution in [2.75, 3.05) is 16.8 Å². The molecule has 2 amide bonds. The Kier molecular flexibility index (Phi) is 5.05. The third-order valence-corrected chi connectivity index (χ3v) is 3.29. The van der Waals surface area contributed by atoms with Crippen LogP contribution in [0.3, 0.4) is 0 Å². The van der Waals surface area contributed by atoms with Gasteiger partial charge < -0.3 is 10.2 Å². The SMILES string of the molecule is CC(=O)N(CC(=O)Nc1ccc(F)c(F)c1)c1ccccc1C. The molecule has 2 aromatic carbocycles. The number of hydrogen-bond donors (Lipinski definition) is 1. The Hall–Kier alpha value is -2.76. The number of nitrogens with zero attached hydrogens (tertiary/aromatic N) is 1. The van der Waals surface area contributed by atoms with Crippen LogP contribution in [0.4, 0.5) is 20.2 Å². The minimum atomic E-state index is -1.05. The molecule has 0 heterocycles. The molecule has 0 aliphatic carbocycles. The van der Waals surface area contributed by atoms with Gasteiger partial charge in [-0.2, -0.15) is 0 Å². The summed E-state index contributed by atoms with van der Waals surface area (Å²) in [5.74, 6) is -2.84. The zero-order chi connectivity index (χ0) is 17.0. The standard InChI is InChI=1S/C17H16F2N2O2/c1-11-5-3-4-6-16(11)21(12(2)22)10-17(23)20-13-7-8-14(18)15(19)9-13/h3-9H,10H2,1-2H3,(H,20,23). The molecule has 2 rings (SSSR count). The lowest BCUT2D eigenvalue weighted by molar-refractivity contribution is -0.120. The second-order valence-corrected chi connectivity index (χ2v) is 5.07. The normalized spacial score (nSPS) is 10.3. The molecular weight excluding hydrogens is 302 g/mol. The number of amides is 2. The van der Waals surface area contributed by atoms with E-state index in [0.29, 0.717) is 5.69 Å². The maximum Gasteiger partial charge on any atom is 0.244 e. The highest BCUT2D eigenvalue weighted by molar-refractivity contribution is 6.02. The van der Waals surface area contributed by atoms with E-state index >= 15 is 0 Å². The van der Waals surface area contributed by atoms with Gasteiger partial charge in [-0.3, -0.25) is 9.59 Å². The highest BCUT2D eigenvalue weighted by atomic mass is 19.2. The topological polar surface area (TPSA) is 49.4 Å². The van der Waals surface area contributed by atoms with Crippen LogP contribution in [-0.4, -0.2) is 18.4 Å². The second-order valence-electron chi connectivity index (χ2n) is 5.07. The van der Waals surface area contributed by atoms with E-state index in [1.165, 1.54) is 17.9 Å². The van der Waals surface area contributed by atoms with Crippen LogP contribution in [0.5, 0.6) is 0 Å². The van der Waals surface area contributed by atoms with Crippen molar-refractivity contribution >= 4 is 23.2 Å². The van der Waals surface area contributed by atoms with Gasteiger partial charge in [-0.25, -0.2) is 8.78 Å². The maximum atomic E-state index is 13.1. The Morgan fingerprint density at radius 3 is 2.39 bits per heavy atom. The van der Waals surface area contributed by atoms with Crippen LogP contribution in [-0.2, 0) is 9.59 Å². The first-order chi connectivity index (χ1) is 10.9. The van der Waals surface area contributed by atoms with E-state index in [-0.39, 0.29) is 18.1 Å². The molecule has 0 aromatic heterocycles. The summed E-state index contributed by atoms with van der Waals surface area (Å²) >= 11 is 0. The number of anilines is 2. The van der Waals surface area contributed by atoms with Crippen molar-refractivity contribution in [3.8, 4) is 0 Å². The number of para-hydroxylation sites is 1. The third kappa shape index (κ3) is 4.12. The van der Waals surface area contributed by atoms with Crippen LogP contribution in [0.1, 0.15) is 12.5 Å². The molecule has 23 heavy (non-hydrogen) atoms. The zero-order valence-electron chi connectivity index (χ0n) is 12.8. The molecule has 0 bridgehead atoms. The fraction of sp³-hybridized carbons (Fsp3) is 0.176. The summed E-state index contributed by atoms with van der Waals surface area (Å²) in [4.78, 5) is 25.2. The number of aryl methyl sites for hydroxylation is 1. The molecule has 0 spiro atoms. The van der Waals surface area contributed by atoms with Crippen LogP contribution in [0.25, 0.3) is 0 Å². The van der Waals surface area contributed by atoms with Gasteiger partial charge in [0.1, 0.15) is 6.54 Å². The van der Waals surface area contributed by atoms with Gasteiger partial charge >= 0.3 is 0 Å². The van der Waals surface area contributed by atoms with E-state index in [9.17, 15) is 18.4 Å². The molecule has 2 aromatic rings. The first-order valence-corrected chi connectivity index (χ1v) is 6.97. The maximum absolute atomic E-state index is 13.1. The van der Waals surface area contributed by atoms with Crippen LogP contribution >= 0.6 is 0 Å². The van der Waals surface area contributed by atoms with E-state index < -0.39 is 17.5 Å². The number of hydrogen-bond acceptors (Lipinski definition) is 2. The van der Waals surface area contributed by atoms with Gasteiger partial charge in [0.2, 0.25) is 11.8 Å². The van der Waals surface area contributed by atoms with Gasteiger partial charge in [-0.05, 0) is 30.7 Å². The summed E-state index contributed by atoms with van der Waals surface area (Å²) in [6.45, 7) is 2.97. The summed E-state index contributed by atoms with van der Waals surface area (Å²) in [6.07, 6.45) is 0. The molecule has 0 radical (unpaired) electrons. The highest BCUT2D eigenvalue weighted by Gasteiger charge is 2.17. The first kappa shape index (κ1) is 16.6. The Balaban J connectivity index is 2.14. The monoisotopic (exact) mass is 318 g/mol. The average Bonchev–Trinajstić information content (AvgIpc) is 2.49. The molecule has 0 saturated heterocycles. The van der Waals surface area contributed by atoms with E-state index in [1.54, 1.807) is 12.1 Å². The highest BCUT2D eigenvalue weighted by Crippen LogP contribution is 2.20. The van der Waals surface area contributed by atoms with Crippen molar-refractivity contribution in [3.05, 3.63) is 59.7 Å². The van der Waals surface area contributed by atoms with E-state index in [2.05, 4.69) is 5.32 Å². The number of halogens is 2. The molecule has 0 fully saturated rings. The molecule has 0 atom stereocenters. The number of rotatable bonds is 4. The minimum Gasteiger partial charge on any atom is -0.324 e.